The minimum absolute atomic E-state index is 0.0332. The fourth-order valence-corrected chi connectivity index (χ4v) is 2.14. The van der Waals surface area contributed by atoms with Crippen molar-refractivity contribution in [2.24, 2.45) is 0 Å². The Hall–Kier alpha value is -2.67. The molecule has 0 unspecified atom stereocenters. The number of hydrogen-bond acceptors (Lipinski definition) is 4. The first-order chi connectivity index (χ1) is 9.56. The first-order valence-corrected chi connectivity index (χ1v) is 5.90. The number of carboxylic acid groups (broad SMARTS) is 1. The van der Waals surface area contributed by atoms with Crippen molar-refractivity contribution in [2.45, 2.75) is 0 Å². The summed E-state index contributed by atoms with van der Waals surface area (Å²) in [4.78, 5) is 33.1. The van der Waals surface area contributed by atoms with E-state index in [1.54, 1.807) is 6.07 Å². The summed E-state index contributed by atoms with van der Waals surface area (Å²) in [5.74, 6) is -1.10. The molecule has 0 bridgehead atoms. The minimum Gasteiger partial charge on any atom is -0.477 e. The number of hydrogen-bond donors (Lipinski definition) is 3. The smallest absolute Gasteiger partial charge is 0.352 e. The average Bonchev–Trinajstić information content (AvgIpc) is 2.97. The van der Waals surface area contributed by atoms with Gasteiger partial charge in [0.2, 0.25) is 0 Å². The van der Waals surface area contributed by atoms with E-state index in [4.69, 9.17) is 16.7 Å². The molecule has 1 aliphatic rings. The highest BCUT2D eigenvalue weighted by Crippen LogP contribution is 2.35. The second-order valence-corrected chi connectivity index (χ2v) is 4.39. The molecule has 0 aliphatic carbocycles. The third-order valence-corrected chi connectivity index (χ3v) is 3.07. The van der Waals surface area contributed by atoms with Gasteiger partial charge in [-0.05, 0) is 18.2 Å². The predicted octanol–water partition coefficient (Wildman–Crippen LogP) is 1.65. The van der Waals surface area contributed by atoms with Gasteiger partial charge >= 0.3 is 5.97 Å². The number of fused-ring (bicyclic) bond motifs is 1. The maximum absolute atomic E-state index is 11.9. The SMILES string of the molecule is O=C1Nc2ncnc(Cl)c2C1=Cc1ccc(C(=O)O)[nH]1. The van der Waals surface area contributed by atoms with E-state index in [0.29, 0.717) is 17.1 Å². The number of aromatic nitrogens is 3. The van der Waals surface area contributed by atoms with E-state index in [0.717, 1.165) is 0 Å². The molecule has 0 spiro atoms. The van der Waals surface area contributed by atoms with Gasteiger partial charge in [0.25, 0.3) is 5.91 Å². The molecule has 1 amide bonds. The lowest BCUT2D eigenvalue weighted by atomic mass is 10.1. The van der Waals surface area contributed by atoms with Crippen LogP contribution < -0.4 is 5.32 Å². The van der Waals surface area contributed by atoms with Crippen LogP contribution in [0, 0.1) is 0 Å². The zero-order valence-corrected chi connectivity index (χ0v) is 10.6. The third-order valence-electron chi connectivity index (χ3n) is 2.79. The first-order valence-electron chi connectivity index (χ1n) is 5.52. The Morgan fingerprint density at radius 2 is 2.15 bits per heavy atom. The van der Waals surface area contributed by atoms with Gasteiger partial charge in [0.05, 0.1) is 11.1 Å². The summed E-state index contributed by atoms with van der Waals surface area (Å²) in [5.41, 5.74) is 1.20. The van der Waals surface area contributed by atoms with E-state index < -0.39 is 5.97 Å². The molecular formula is C12H7ClN4O3. The molecule has 3 N–H and O–H groups in total. The lowest BCUT2D eigenvalue weighted by Gasteiger charge is -1.98. The number of carbonyl (C=O) groups excluding carboxylic acids is 1. The van der Waals surface area contributed by atoms with Crippen LogP contribution in [0.4, 0.5) is 5.82 Å². The standard InChI is InChI=1S/C12H7ClN4O3/c13-9-8-6(11(18)17-10(8)15-4-14-9)3-5-1-2-7(16-5)12(19)20/h1-4,16H,(H,19,20)(H,14,15,17,18). The summed E-state index contributed by atoms with van der Waals surface area (Å²) in [5, 5.41) is 11.6. The normalized spacial score (nSPS) is 15.2. The summed E-state index contributed by atoms with van der Waals surface area (Å²) >= 11 is 5.96. The molecule has 0 saturated carbocycles. The molecule has 7 nitrogen and oxygen atoms in total. The summed E-state index contributed by atoms with van der Waals surface area (Å²) in [6, 6.07) is 2.96. The number of amides is 1. The number of anilines is 1. The number of carboxylic acids is 1. The second kappa shape index (κ2) is 4.46. The van der Waals surface area contributed by atoms with Crippen LogP contribution in [0.15, 0.2) is 18.5 Å². The number of rotatable bonds is 2. The van der Waals surface area contributed by atoms with Gasteiger partial charge in [-0.2, -0.15) is 0 Å². The highest BCUT2D eigenvalue weighted by molar-refractivity contribution is 6.40. The largest absolute Gasteiger partial charge is 0.477 e. The fourth-order valence-electron chi connectivity index (χ4n) is 1.90. The van der Waals surface area contributed by atoms with Crippen molar-refractivity contribution in [1.29, 1.82) is 0 Å². The Balaban J connectivity index is 2.08. The quantitative estimate of drug-likeness (QED) is 0.576. The zero-order chi connectivity index (χ0) is 14.3. The fraction of sp³-hybridized carbons (Fsp3) is 0. The monoisotopic (exact) mass is 290 g/mol. The minimum atomic E-state index is -1.08. The molecule has 0 radical (unpaired) electrons. The number of H-pyrrole nitrogens is 1. The Morgan fingerprint density at radius 1 is 1.35 bits per heavy atom. The van der Waals surface area contributed by atoms with Crippen LogP contribution in [0.3, 0.4) is 0 Å². The van der Waals surface area contributed by atoms with E-state index in [1.807, 2.05) is 0 Å². The third kappa shape index (κ3) is 1.94. The van der Waals surface area contributed by atoms with Gasteiger partial charge in [0.1, 0.15) is 23.0 Å². The molecule has 0 fully saturated rings. The molecule has 2 aromatic rings. The number of aromatic amines is 1. The van der Waals surface area contributed by atoms with Gasteiger partial charge in [-0.3, -0.25) is 4.79 Å². The topological polar surface area (TPSA) is 108 Å². The van der Waals surface area contributed by atoms with Crippen LogP contribution in [-0.4, -0.2) is 31.9 Å². The maximum Gasteiger partial charge on any atom is 0.352 e. The van der Waals surface area contributed by atoms with Crippen LogP contribution in [0.5, 0.6) is 0 Å². The van der Waals surface area contributed by atoms with Crippen molar-refractivity contribution in [3.8, 4) is 0 Å². The van der Waals surface area contributed by atoms with Crippen molar-refractivity contribution in [3.05, 3.63) is 40.6 Å². The zero-order valence-electron chi connectivity index (χ0n) is 9.85. The average molecular weight is 291 g/mol. The molecule has 100 valence electrons. The summed E-state index contributed by atoms with van der Waals surface area (Å²) in [6.07, 6.45) is 2.75. The lowest BCUT2D eigenvalue weighted by Crippen LogP contribution is -2.04. The van der Waals surface area contributed by atoms with Crippen LogP contribution in [0.1, 0.15) is 21.7 Å². The Morgan fingerprint density at radius 3 is 2.85 bits per heavy atom. The van der Waals surface area contributed by atoms with Crippen LogP contribution in [-0.2, 0) is 4.79 Å². The number of aromatic carboxylic acids is 1. The molecule has 0 aromatic carbocycles. The molecule has 8 heteroatoms. The molecule has 1 aliphatic heterocycles. The van der Waals surface area contributed by atoms with Gasteiger partial charge < -0.3 is 15.4 Å². The Bertz CT molecular complexity index is 766. The molecule has 2 aromatic heterocycles. The number of halogens is 1. The van der Waals surface area contributed by atoms with Gasteiger partial charge in [0, 0.05) is 5.69 Å². The summed E-state index contributed by atoms with van der Waals surface area (Å²) in [6.45, 7) is 0. The van der Waals surface area contributed by atoms with Crippen molar-refractivity contribution in [1.82, 2.24) is 15.0 Å². The van der Waals surface area contributed by atoms with Gasteiger partial charge in [-0.1, -0.05) is 11.6 Å². The summed E-state index contributed by atoms with van der Waals surface area (Å²) < 4.78 is 0. The van der Waals surface area contributed by atoms with E-state index in [-0.39, 0.29) is 22.3 Å². The second-order valence-electron chi connectivity index (χ2n) is 4.03. The van der Waals surface area contributed by atoms with Gasteiger partial charge in [-0.25, -0.2) is 14.8 Å². The van der Waals surface area contributed by atoms with Crippen molar-refractivity contribution in [3.63, 3.8) is 0 Å². The van der Waals surface area contributed by atoms with Crippen LogP contribution in [0.25, 0.3) is 11.6 Å². The van der Waals surface area contributed by atoms with Gasteiger partial charge in [0.15, 0.2) is 0 Å². The summed E-state index contributed by atoms with van der Waals surface area (Å²) in [7, 11) is 0. The number of carbonyl (C=O) groups is 2. The van der Waals surface area contributed by atoms with E-state index >= 15 is 0 Å². The molecule has 3 heterocycles. The van der Waals surface area contributed by atoms with Crippen molar-refractivity contribution >= 4 is 40.9 Å². The highest BCUT2D eigenvalue weighted by Gasteiger charge is 2.28. The molecule has 0 atom stereocenters. The highest BCUT2D eigenvalue weighted by atomic mass is 35.5. The first kappa shape index (κ1) is 12.4. The Labute approximate surface area is 117 Å². The van der Waals surface area contributed by atoms with E-state index in [9.17, 15) is 9.59 Å². The van der Waals surface area contributed by atoms with Crippen LogP contribution in [0.2, 0.25) is 5.15 Å². The maximum atomic E-state index is 11.9. The predicted molar refractivity (Wildman–Crippen MR) is 71.3 cm³/mol. The van der Waals surface area contributed by atoms with Gasteiger partial charge in [-0.15, -0.1) is 0 Å². The van der Waals surface area contributed by atoms with E-state index in [1.165, 1.54) is 18.5 Å². The molecule has 3 rings (SSSR count). The molecular weight excluding hydrogens is 284 g/mol. The number of nitrogens with one attached hydrogen (secondary N) is 2. The number of nitrogens with zero attached hydrogens (tertiary/aromatic N) is 2. The van der Waals surface area contributed by atoms with Crippen molar-refractivity contribution in [2.75, 3.05) is 5.32 Å². The molecule has 20 heavy (non-hydrogen) atoms. The lowest BCUT2D eigenvalue weighted by molar-refractivity contribution is -0.110. The van der Waals surface area contributed by atoms with Crippen molar-refractivity contribution < 1.29 is 14.7 Å². The van der Waals surface area contributed by atoms with E-state index in [2.05, 4.69) is 20.3 Å². The van der Waals surface area contributed by atoms with Crippen LogP contribution >= 0.6 is 11.6 Å². The Kier molecular flexibility index (Phi) is 2.76. The molecule has 0 saturated heterocycles.